The highest BCUT2D eigenvalue weighted by molar-refractivity contribution is 5.60. The summed E-state index contributed by atoms with van der Waals surface area (Å²) in [7, 11) is 0. The fourth-order valence-electron chi connectivity index (χ4n) is 1.09. The zero-order chi connectivity index (χ0) is 10.7. The van der Waals surface area contributed by atoms with E-state index in [4.69, 9.17) is 5.11 Å². The second-order valence-corrected chi connectivity index (χ2v) is 2.70. The molecule has 0 radical (unpaired) electrons. The zero-order valence-corrected chi connectivity index (χ0v) is 7.57. The van der Waals surface area contributed by atoms with Crippen LogP contribution >= 0.6 is 0 Å². The predicted molar refractivity (Wildman–Crippen MR) is 50.0 cm³/mol. The third-order valence-corrected chi connectivity index (χ3v) is 1.69. The van der Waals surface area contributed by atoms with Gasteiger partial charge in [0, 0.05) is 6.20 Å². The van der Waals surface area contributed by atoms with E-state index in [1.807, 2.05) is 6.07 Å². The summed E-state index contributed by atoms with van der Waals surface area (Å²) in [5.41, 5.74) is 0.783. The molecule has 2 aromatic heterocycles. The van der Waals surface area contributed by atoms with Crippen LogP contribution in [0.3, 0.4) is 0 Å². The van der Waals surface area contributed by atoms with Crippen LogP contribution in [0.4, 0.5) is 4.79 Å². The summed E-state index contributed by atoms with van der Waals surface area (Å²) in [6.07, 6.45) is 4.81. The maximum absolute atomic E-state index is 10.2. The van der Waals surface area contributed by atoms with Gasteiger partial charge < -0.3 is 14.4 Å². The van der Waals surface area contributed by atoms with E-state index in [1.54, 1.807) is 23.0 Å². The zero-order valence-electron chi connectivity index (χ0n) is 7.57. The summed E-state index contributed by atoms with van der Waals surface area (Å²) in [6, 6.07) is 3.59. The number of carbonyl (C=O) groups is 1. The Balaban J connectivity index is 2.24. The molecule has 0 atom stereocenters. The molecule has 15 heavy (non-hydrogen) atoms. The second kappa shape index (κ2) is 3.79. The molecule has 76 valence electrons. The minimum Gasteiger partial charge on any atom is -0.449 e. The Hall–Kier alpha value is -2.37. The van der Waals surface area contributed by atoms with Crippen molar-refractivity contribution in [3.8, 4) is 11.6 Å². The fourth-order valence-corrected chi connectivity index (χ4v) is 1.09. The number of imidazole rings is 1. The first-order valence-electron chi connectivity index (χ1n) is 4.11. The number of rotatable bonds is 2. The smallest absolute Gasteiger partial charge is 0.449 e. The van der Waals surface area contributed by atoms with Crippen molar-refractivity contribution < 1.29 is 14.6 Å². The van der Waals surface area contributed by atoms with Crippen LogP contribution in [0.15, 0.2) is 37.1 Å². The third-order valence-electron chi connectivity index (χ3n) is 1.69. The average Bonchev–Trinajstić information content (AvgIpc) is 2.67. The Morgan fingerprint density at radius 3 is 3.07 bits per heavy atom. The molecule has 2 rings (SSSR count). The maximum Gasteiger partial charge on any atom is 0.512 e. The molecule has 0 spiro atoms. The number of ether oxygens (including phenoxy) is 1. The molecular formula is C9H7N3O3. The van der Waals surface area contributed by atoms with Gasteiger partial charge in [0.2, 0.25) is 5.88 Å². The molecule has 0 aliphatic heterocycles. The minimum atomic E-state index is -1.38. The number of hydrogen-bond donors (Lipinski definition) is 1. The van der Waals surface area contributed by atoms with Crippen molar-refractivity contribution in [2.45, 2.75) is 0 Å². The highest BCUT2D eigenvalue weighted by Crippen LogP contribution is 2.11. The Labute approximate surface area is 84.8 Å². The summed E-state index contributed by atoms with van der Waals surface area (Å²) < 4.78 is 6.00. The lowest BCUT2D eigenvalue weighted by Gasteiger charge is -1.98. The van der Waals surface area contributed by atoms with Crippen molar-refractivity contribution in [1.29, 1.82) is 0 Å². The van der Waals surface area contributed by atoms with Gasteiger partial charge in [-0.25, -0.2) is 9.78 Å². The van der Waals surface area contributed by atoms with Gasteiger partial charge in [-0.15, -0.1) is 0 Å². The molecule has 0 unspecified atom stereocenters. The summed E-state index contributed by atoms with van der Waals surface area (Å²) in [5, 5.41) is 8.36. The summed E-state index contributed by atoms with van der Waals surface area (Å²) in [6.45, 7) is 0. The van der Waals surface area contributed by atoms with Gasteiger partial charge in [-0.2, -0.15) is 0 Å². The number of nitrogens with zero attached hydrogens (tertiary/aromatic N) is 3. The molecule has 6 nitrogen and oxygen atoms in total. The van der Waals surface area contributed by atoms with E-state index in [0.29, 0.717) is 0 Å². The van der Waals surface area contributed by atoms with E-state index in [0.717, 1.165) is 5.69 Å². The first-order valence-corrected chi connectivity index (χ1v) is 4.11. The quantitative estimate of drug-likeness (QED) is 0.748. The highest BCUT2D eigenvalue weighted by Gasteiger charge is 2.05. The molecule has 2 heterocycles. The Bertz CT molecular complexity index is 466. The largest absolute Gasteiger partial charge is 0.512 e. The van der Waals surface area contributed by atoms with Gasteiger partial charge in [-0.1, -0.05) is 0 Å². The third kappa shape index (κ3) is 2.11. The Kier molecular flexibility index (Phi) is 2.32. The van der Waals surface area contributed by atoms with E-state index < -0.39 is 6.16 Å². The summed E-state index contributed by atoms with van der Waals surface area (Å²) in [5.74, 6) is 0.0337. The van der Waals surface area contributed by atoms with Gasteiger partial charge in [0.05, 0.1) is 18.1 Å². The Morgan fingerprint density at radius 2 is 2.40 bits per heavy atom. The van der Waals surface area contributed by atoms with Gasteiger partial charge in [0.1, 0.15) is 6.33 Å². The Morgan fingerprint density at radius 1 is 1.53 bits per heavy atom. The van der Waals surface area contributed by atoms with Crippen molar-refractivity contribution in [3.63, 3.8) is 0 Å². The molecule has 0 bridgehead atoms. The molecule has 0 aliphatic carbocycles. The lowest BCUT2D eigenvalue weighted by Crippen LogP contribution is -2.02. The predicted octanol–water partition coefficient (Wildman–Crippen LogP) is 1.32. The molecule has 1 N–H and O–H groups in total. The second-order valence-electron chi connectivity index (χ2n) is 2.70. The van der Waals surface area contributed by atoms with Gasteiger partial charge >= 0.3 is 6.16 Å². The minimum absolute atomic E-state index is 0.0337. The first-order chi connectivity index (χ1) is 7.25. The highest BCUT2D eigenvalue weighted by atomic mass is 16.7. The standard InChI is InChI=1S/C9H7N3O3/c13-9(14)15-8-5-12(6-11-8)7-2-1-3-10-4-7/h1-6H,(H,13,14). The molecule has 0 saturated heterocycles. The monoisotopic (exact) mass is 205 g/mol. The van der Waals surface area contributed by atoms with Crippen LogP contribution in [0.1, 0.15) is 0 Å². The van der Waals surface area contributed by atoms with Gasteiger partial charge in [-0.3, -0.25) is 4.98 Å². The fraction of sp³-hybridized carbons (Fsp3) is 0. The summed E-state index contributed by atoms with van der Waals surface area (Å²) in [4.78, 5) is 17.9. The normalized spacial score (nSPS) is 9.87. The van der Waals surface area contributed by atoms with Crippen LogP contribution in [0.5, 0.6) is 5.88 Å². The van der Waals surface area contributed by atoms with Crippen LogP contribution in [-0.4, -0.2) is 25.8 Å². The molecule has 0 aromatic carbocycles. The van der Waals surface area contributed by atoms with Crippen LogP contribution in [0, 0.1) is 0 Å². The molecule has 0 amide bonds. The van der Waals surface area contributed by atoms with Crippen molar-refractivity contribution >= 4 is 6.16 Å². The number of carboxylic acid groups (broad SMARTS) is 1. The van der Waals surface area contributed by atoms with Gasteiger partial charge in [-0.05, 0) is 12.1 Å². The molecule has 0 saturated carbocycles. The van der Waals surface area contributed by atoms with Crippen LogP contribution in [0.25, 0.3) is 5.69 Å². The van der Waals surface area contributed by atoms with Gasteiger partial charge in [0.25, 0.3) is 0 Å². The molecule has 2 aromatic rings. The molecular weight excluding hydrogens is 198 g/mol. The maximum atomic E-state index is 10.2. The lowest BCUT2D eigenvalue weighted by molar-refractivity contribution is 0.142. The van der Waals surface area contributed by atoms with Crippen molar-refractivity contribution in [2.75, 3.05) is 0 Å². The van der Waals surface area contributed by atoms with Crippen molar-refractivity contribution in [2.24, 2.45) is 0 Å². The molecule has 6 heteroatoms. The van der Waals surface area contributed by atoms with Crippen LogP contribution in [0.2, 0.25) is 0 Å². The SMILES string of the molecule is O=C(O)Oc1cn(-c2cccnc2)cn1. The average molecular weight is 205 g/mol. The number of aromatic nitrogens is 3. The molecule has 0 fully saturated rings. The van der Waals surface area contributed by atoms with Crippen molar-refractivity contribution in [3.05, 3.63) is 37.1 Å². The van der Waals surface area contributed by atoms with Crippen LogP contribution in [-0.2, 0) is 0 Å². The van der Waals surface area contributed by atoms with E-state index in [2.05, 4.69) is 14.7 Å². The van der Waals surface area contributed by atoms with E-state index >= 15 is 0 Å². The summed E-state index contributed by atoms with van der Waals surface area (Å²) >= 11 is 0. The van der Waals surface area contributed by atoms with E-state index in [-0.39, 0.29) is 5.88 Å². The van der Waals surface area contributed by atoms with E-state index in [9.17, 15) is 4.79 Å². The van der Waals surface area contributed by atoms with Crippen LogP contribution < -0.4 is 4.74 Å². The number of pyridine rings is 1. The van der Waals surface area contributed by atoms with E-state index in [1.165, 1.54) is 12.5 Å². The van der Waals surface area contributed by atoms with Gasteiger partial charge in [0.15, 0.2) is 0 Å². The molecule has 0 aliphatic rings. The topological polar surface area (TPSA) is 77.2 Å². The lowest BCUT2D eigenvalue weighted by atomic mass is 10.4. The van der Waals surface area contributed by atoms with Crippen molar-refractivity contribution in [1.82, 2.24) is 14.5 Å². The number of hydrogen-bond acceptors (Lipinski definition) is 4. The first kappa shape index (κ1) is 9.20.